The standard InChI is InChI=1S/C18H20N2O/c1-14(18(19)21)20-13-17-11-9-16(10-12-17)8-7-15-5-3-2-4-6-15/h2-12,14,20H,13H2,1H3,(H2,19,21)/b8-7+/t14-/m1/s1. The number of hydrogen-bond donors (Lipinski definition) is 2. The summed E-state index contributed by atoms with van der Waals surface area (Å²) in [5.74, 6) is -0.336. The maximum absolute atomic E-state index is 10.9. The van der Waals surface area contributed by atoms with Gasteiger partial charge in [-0.15, -0.1) is 0 Å². The minimum absolute atomic E-state index is 0.317. The molecule has 0 spiro atoms. The molecule has 0 radical (unpaired) electrons. The Hall–Kier alpha value is -2.39. The lowest BCUT2D eigenvalue weighted by Crippen LogP contribution is -2.38. The lowest BCUT2D eigenvalue weighted by molar-refractivity contribution is -0.119. The zero-order chi connectivity index (χ0) is 15.1. The molecule has 3 heteroatoms. The molecule has 3 N–H and O–H groups in total. The number of hydrogen-bond acceptors (Lipinski definition) is 2. The molecule has 21 heavy (non-hydrogen) atoms. The van der Waals surface area contributed by atoms with E-state index in [1.165, 1.54) is 5.56 Å². The first kappa shape index (κ1) is 15.0. The molecule has 0 aliphatic carbocycles. The van der Waals surface area contributed by atoms with Crippen LogP contribution in [0.25, 0.3) is 12.2 Å². The van der Waals surface area contributed by atoms with Crippen LogP contribution in [0.15, 0.2) is 54.6 Å². The first-order valence-corrected chi connectivity index (χ1v) is 7.00. The Labute approximate surface area is 125 Å². The smallest absolute Gasteiger partial charge is 0.234 e. The molecule has 3 nitrogen and oxygen atoms in total. The zero-order valence-corrected chi connectivity index (χ0v) is 12.1. The fourth-order valence-corrected chi connectivity index (χ4v) is 1.87. The SMILES string of the molecule is C[C@@H](NCc1ccc(/C=C/c2ccccc2)cc1)C(N)=O. The molecule has 0 saturated carbocycles. The highest BCUT2D eigenvalue weighted by Crippen LogP contribution is 2.09. The molecule has 108 valence electrons. The zero-order valence-electron chi connectivity index (χ0n) is 12.1. The second kappa shape index (κ2) is 7.41. The summed E-state index contributed by atoms with van der Waals surface area (Å²) < 4.78 is 0. The molecule has 0 unspecified atom stereocenters. The number of benzene rings is 2. The van der Waals surface area contributed by atoms with Gasteiger partial charge in [0.15, 0.2) is 0 Å². The van der Waals surface area contributed by atoms with Crippen LogP contribution >= 0.6 is 0 Å². The molecule has 0 aliphatic rings. The topological polar surface area (TPSA) is 55.1 Å². The van der Waals surface area contributed by atoms with Gasteiger partial charge < -0.3 is 11.1 Å². The van der Waals surface area contributed by atoms with Gasteiger partial charge in [-0.05, 0) is 23.6 Å². The molecular weight excluding hydrogens is 260 g/mol. The summed E-state index contributed by atoms with van der Waals surface area (Å²) in [7, 11) is 0. The largest absolute Gasteiger partial charge is 0.368 e. The van der Waals surface area contributed by atoms with Gasteiger partial charge in [-0.3, -0.25) is 4.79 Å². The molecule has 2 aromatic rings. The van der Waals surface area contributed by atoms with Crippen LogP contribution in [-0.2, 0) is 11.3 Å². The van der Waals surface area contributed by atoms with Gasteiger partial charge in [0.25, 0.3) is 0 Å². The first-order valence-electron chi connectivity index (χ1n) is 7.00. The van der Waals surface area contributed by atoms with Crippen LogP contribution in [0.5, 0.6) is 0 Å². The average molecular weight is 280 g/mol. The summed E-state index contributed by atoms with van der Waals surface area (Å²) in [4.78, 5) is 10.9. The molecule has 1 amide bonds. The number of amides is 1. The van der Waals surface area contributed by atoms with Crippen molar-refractivity contribution in [1.82, 2.24) is 5.32 Å². The van der Waals surface area contributed by atoms with Crippen molar-refractivity contribution in [2.24, 2.45) is 5.73 Å². The van der Waals surface area contributed by atoms with E-state index < -0.39 is 0 Å². The normalized spacial score (nSPS) is 12.4. The van der Waals surface area contributed by atoms with Gasteiger partial charge in [-0.25, -0.2) is 0 Å². The van der Waals surface area contributed by atoms with E-state index in [4.69, 9.17) is 5.73 Å². The minimum atomic E-state index is -0.336. The van der Waals surface area contributed by atoms with Crippen molar-refractivity contribution >= 4 is 18.1 Å². The van der Waals surface area contributed by atoms with Crippen LogP contribution < -0.4 is 11.1 Å². The number of carbonyl (C=O) groups excluding carboxylic acids is 1. The quantitative estimate of drug-likeness (QED) is 0.799. The summed E-state index contributed by atoms with van der Waals surface area (Å²) in [6.07, 6.45) is 4.17. The van der Waals surface area contributed by atoms with Gasteiger partial charge in [0.1, 0.15) is 0 Å². The van der Waals surface area contributed by atoms with Crippen LogP contribution in [0.2, 0.25) is 0 Å². The Morgan fingerprint density at radius 3 is 2.19 bits per heavy atom. The molecule has 0 bridgehead atoms. The van der Waals surface area contributed by atoms with Gasteiger partial charge in [0.05, 0.1) is 6.04 Å². The van der Waals surface area contributed by atoms with Crippen molar-refractivity contribution in [3.63, 3.8) is 0 Å². The lowest BCUT2D eigenvalue weighted by atomic mass is 10.1. The van der Waals surface area contributed by atoms with Crippen molar-refractivity contribution in [2.75, 3.05) is 0 Å². The van der Waals surface area contributed by atoms with Gasteiger partial charge in [-0.2, -0.15) is 0 Å². The summed E-state index contributed by atoms with van der Waals surface area (Å²) in [6, 6.07) is 18.1. The van der Waals surface area contributed by atoms with Crippen LogP contribution in [0, 0.1) is 0 Å². The van der Waals surface area contributed by atoms with E-state index >= 15 is 0 Å². The van der Waals surface area contributed by atoms with Crippen molar-refractivity contribution in [1.29, 1.82) is 0 Å². The van der Waals surface area contributed by atoms with Gasteiger partial charge >= 0.3 is 0 Å². The third kappa shape index (κ3) is 4.89. The monoisotopic (exact) mass is 280 g/mol. The van der Waals surface area contributed by atoms with E-state index in [0.717, 1.165) is 11.1 Å². The maximum atomic E-state index is 10.9. The highest BCUT2D eigenvalue weighted by molar-refractivity contribution is 5.79. The molecule has 1 atom stereocenters. The first-order chi connectivity index (χ1) is 10.1. The Morgan fingerprint density at radius 2 is 1.62 bits per heavy atom. The van der Waals surface area contributed by atoms with E-state index in [1.54, 1.807) is 6.92 Å². The van der Waals surface area contributed by atoms with Gasteiger partial charge in [0.2, 0.25) is 5.91 Å². The second-order valence-electron chi connectivity index (χ2n) is 4.99. The number of nitrogens with two attached hydrogens (primary N) is 1. The predicted octanol–water partition coefficient (Wildman–Crippen LogP) is 2.82. The molecule has 2 aromatic carbocycles. The van der Waals surface area contributed by atoms with E-state index in [2.05, 4.69) is 41.7 Å². The van der Waals surface area contributed by atoms with Crippen LogP contribution in [0.1, 0.15) is 23.6 Å². The van der Waals surface area contributed by atoms with Crippen molar-refractivity contribution in [3.05, 3.63) is 71.3 Å². The van der Waals surface area contributed by atoms with E-state index in [1.807, 2.05) is 30.3 Å². The van der Waals surface area contributed by atoms with Crippen LogP contribution in [-0.4, -0.2) is 11.9 Å². The Morgan fingerprint density at radius 1 is 1.05 bits per heavy atom. The fraction of sp³-hybridized carbons (Fsp3) is 0.167. The van der Waals surface area contributed by atoms with Crippen LogP contribution in [0.4, 0.5) is 0 Å². The molecule has 0 aliphatic heterocycles. The summed E-state index contributed by atoms with van der Waals surface area (Å²) >= 11 is 0. The number of nitrogens with one attached hydrogen (secondary N) is 1. The summed E-state index contributed by atoms with van der Waals surface area (Å²) in [6.45, 7) is 2.39. The third-order valence-corrected chi connectivity index (χ3v) is 3.29. The van der Waals surface area contributed by atoms with Crippen molar-refractivity contribution in [2.45, 2.75) is 19.5 Å². The fourth-order valence-electron chi connectivity index (χ4n) is 1.87. The number of rotatable bonds is 6. The molecule has 0 fully saturated rings. The molecule has 0 saturated heterocycles. The highest BCUT2D eigenvalue weighted by Gasteiger charge is 2.06. The second-order valence-corrected chi connectivity index (χ2v) is 4.99. The summed E-state index contributed by atoms with van der Waals surface area (Å²) in [5.41, 5.74) is 8.66. The van der Waals surface area contributed by atoms with Gasteiger partial charge in [-0.1, -0.05) is 66.7 Å². The number of carbonyl (C=O) groups is 1. The molecule has 2 rings (SSSR count). The van der Waals surface area contributed by atoms with E-state index in [9.17, 15) is 4.79 Å². The van der Waals surface area contributed by atoms with Crippen molar-refractivity contribution in [3.8, 4) is 0 Å². The predicted molar refractivity (Wildman–Crippen MR) is 87.3 cm³/mol. The van der Waals surface area contributed by atoms with Crippen LogP contribution in [0.3, 0.4) is 0 Å². The summed E-state index contributed by atoms with van der Waals surface area (Å²) in [5, 5.41) is 3.08. The Kier molecular flexibility index (Phi) is 5.29. The average Bonchev–Trinajstić information content (AvgIpc) is 2.52. The Bertz CT molecular complexity index is 603. The lowest BCUT2D eigenvalue weighted by Gasteiger charge is -2.09. The van der Waals surface area contributed by atoms with Crippen molar-refractivity contribution < 1.29 is 4.79 Å². The third-order valence-electron chi connectivity index (χ3n) is 3.29. The Balaban J connectivity index is 1.93. The maximum Gasteiger partial charge on any atom is 0.234 e. The molecular formula is C18H20N2O. The van der Waals surface area contributed by atoms with Gasteiger partial charge in [0, 0.05) is 6.54 Å². The minimum Gasteiger partial charge on any atom is -0.368 e. The molecule has 0 aromatic heterocycles. The highest BCUT2D eigenvalue weighted by atomic mass is 16.1. The van der Waals surface area contributed by atoms with E-state index in [0.29, 0.717) is 6.54 Å². The number of primary amides is 1. The molecule has 0 heterocycles. The van der Waals surface area contributed by atoms with E-state index in [-0.39, 0.29) is 11.9 Å².